The van der Waals surface area contributed by atoms with E-state index in [-0.39, 0.29) is 0 Å². The van der Waals surface area contributed by atoms with Crippen LogP contribution in [0.2, 0.25) is 0 Å². The van der Waals surface area contributed by atoms with E-state index in [1.807, 2.05) is 17.1 Å². The molecule has 5 rings (SSSR count). The third-order valence-corrected chi connectivity index (χ3v) is 8.78. The molecule has 4 nitrogen and oxygen atoms in total. The van der Waals surface area contributed by atoms with E-state index in [0.717, 1.165) is 23.7 Å². The lowest BCUT2D eigenvalue weighted by Gasteiger charge is -2.58. The van der Waals surface area contributed by atoms with Gasteiger partial charge in [-0.25, -0.2) is 4.68 Å². The van der Waals surface area contributed by atoms with Crippen LogP contribution in [0.5, 0.6) is 0 Å². The van der Waals surface area contributed by atoms with E-state index in [2.05, 4.69) is 35.6 Å². The Hall–Kier alpha value is -1.16. The number of nitrogens with one attached hydrogen (secondary N) is 1. The number of nitrogens with zero attached hydrogens (tertiary/aromatic N) is 3. The molecule has 3 fully saturated rings. The molecule has 4 aliphatic rings. The monoisotopic (exact) mass is 340 g/mol. The van der Waals surface area contributed by atoms with Gasteiger partial charge in [-0.2, -0.15) is 0 Å². The minimum absolute atomic E-state index is 0.293. The van der Waals surface area contributed by atoms with Crippen LogP contribution in [0.1, 0.15) is 58.8 Å². The predicted molar refractivity (Wildman–Crippen MR) is 99.7 cm³/mol. The van der Waals surface area contributed by atoms with Gasteiger partial charge >= 0.3 is 0 Å². The van der Waals surface area contributed by atoms with E-state index < -0.39 is 0 Å². The lowest BCUT2D eigenvalue weighted by molar-refractivity contribution is -0.0799. The quantitative estimate of drug-likeness (QED) is 0.841. The first-order valence-corrected chi connectivity index (χ1v) is 10.4. The third-order valence-electron chi connectivity index (χ3n) is 8.78. The topological polar surface area (TPSA) is 42.7 Å². The zero-order valence-corrected chi connectivity index (χ0v) is 15.7. The maximum absolute atomic E-state index is 4.32. The van der Waals surface area contributed by atoms with Gasteiger partial charge in [0.1, 0.15) is 0 Å². The van der Waals surface area contributed by atoms with Crippen LogP contribution in [0.15, 0.2) is 18.5 Å². The maximum atomic E-state index is 4.32. The molecule has 3 aliphatic carbocycles. The van der Waals surface area contributed by atoms with Crippen molar-refractivity contribution in [2.45, 2.75) is 58.8 Å². The van der Waals surface area contributed by atoms with Gasteiger partial charge in [-0.3, -0.25) is 0 Å². The fourth-order valence-electron chi connectivity index (χ4n) is 7.39. The SMILES string of the molecule is C[C@]12CCC3[C@@H](CC[C@H]4CCNCC[C@]34C)[C@@H]1CC=C2n1ccnn1. The second-order valence-electron chi connectivity index (χ2n) is 9.57. The highest BCUT2D eigenvalue weighted by atomic mass is 15.4. The van der Waals surface area contributed by atoms with Gasteiger partial charge in [-0.05, 0) is 87.1 Å². The lowest BCUT2D eigenvalue weighted by atomic mass is 9.46. The Morgan fingerprint density at radius 2 is 2.00 bits per heavy atom. The Labute approximate surface area is 151 Å². The van der Waals surface area contributed by atoms with Crippen LogP contribution in [0.25, 0.3) is 5.70 Å². The van der Waals surface area contributed by atoms with Crippen molar-refractivity contribution in [1.82, 2.24) is 20.3 Å². The molecule has 1 aliphatic heterocycles. The summed E-state index contributed by atoms with van der Waals surface area (Å²) >= 11 is 0. The van der Waals surface area contributed by atoms with Crippen molar-refractivity contribution in [2.75, 3.05) is 13.1 Å². The molecule has 1 saturated heterocycles. The summed E-state index contributed by atoms with van der Waals surface area (Å²) in [5, 5.41) is 12.1. The number of hydrogen-bond acceptors (Lipinski definition) is 3. The second-order valence-corrected chi connectivity index (χ2v) is 9.57. The van der Waals surface area contributed by atoms with Crippen molar-refractivity contribution in [2.24, 2.45) is 34.5 Å². The molecule has 0 amide bonds. The molecule has 2 saturated carbocycles. The van der Waals surface area contributed by atoms with E-state index in [0.29, 0.717) is 10.8 Å². The van der Waals surface area contributed by atoms with Crippen molar-refractivity contribution in [1.29, 1.82) is 0 Å². The largest absolute Gasteiger partial charge is 0.317 e. The minimum atomic E-state index is 0.293. The highest BCUT2D eigenvalue weighted by Crippen LogP contribution is 2.65. The molecule has 1 aromatic heterocycles. The highest BCUT2D eigenvalue weighted by Gasteiger charge is 2.58. The fraction of sp³-hybridized carbons (Fsp3) is 0.810. The van der Waals surface area contributed by atoms with Crippen LogP contribution >= 0.6 is 0 Å². The first kappa shape index (κ1) is 16.0. The summed E-state index contributed by atoms with van der Waals surface area (Å²) in [6.07, 6.45) is 16.0. The summed E-state index contributed by atoms with van der Waals surface area (Å²) in [4.78, 5) is 0. The van der Waals surface area contributed by atoms with Crippen LogP contribution in [-0.2, 0) is 0 Å². The van der Waals surface area contributed by atoms with Crippen LogP contribution < -0.4 is 5.32 Å². The van der Waals surface area contributed by atoms with Gasteiger partial charge in [0.05, 0.1) is 12.4 Å². The van der Waals surface area contributed by atoms with Crippen LogP contribution in [0, 0.1) is 34.5 Å². The zero-order valence-electron chi connectivity index (χ0n) is 15.7. The molecule has 0 spiro atoms. The Bertz CT molecular complexity index is 665. The van der Waals surface area contributed by atoms with Crippen molar-refractivity contribution >= 4 is 5.70 Å². The summed E-state index contributed by atoms with van der Waals surface area (Å²) in [6.45, 7) is 7.61. The average molecular weight is 341 g/mol. The molecule has 25 heavy (non-hydrogen) atoms. The molecule has 2 heterocycles. The molecule has 136 valence electrons. The van der Waals surface area contributed by atoms with Crippen molar-refractivity contribution < 1.29 is 0 Å². The van der Waals surface area contributed by atoms with Gasteiger partial charge in [0, 0.05) is 11.1 Å². The zero-order chi connectivity index (χ0) is 17.1. The summed E-state index contributed by atoms with van der Waals surface area (Å²) < 4.78 is 2.04. The molecule has 1 N–H and O–H groups in total. The number of rotatable bonds is 1. The summed E-state index contributed by atoms with van der Waals surface area (Å²) in [5.41, 5.74) is 2.27. The fourth-order valence-corrected chi connectivity index (χ4v) is 7.39. The van der Waals surface area contributed by atoms with Crippen LogP contribution in [0.4, 0.5) is 0 Å². The maximum Gasteiger partial charge on any atom is 0.0697 e. The molecule has 0 radical (unpaired) electrons. The normalized spacial score (nSPS) is 46.6. The van der Waals surface area contributed by atoms with E-state index in [1.165, 1.54) is 63.7 Å². The number of allylic oxidation sites excluding steroid dienone is 2. The molecule has 1 aromatic rings. The minimum Gasteiger partial charge on any atom is -0.317 e. The van der Waals surface area contributed by atoms with E-state index >= 15 is 0 Å². The third kappa shape index (κ3) is 2.22. The molecular formula is C21H32N4. The van der Waals surface area contributed by atoms with Crippen LogP contribution in [0.3, 0.4) is 0 Å². The van der Waals surface area contributed by atoms with Gasteiger partial charge < -0.3 is 5.32 Å². The first-order chi connectivity index (χ1) is 12.1. The van der Waals surface area contributed by atoms with Gasteiger partial charge in [-0.15, -0.1) is 5.10 Å². The van der Waals surface area contributed by atoms with Crippen molar-refractivity contribution in [3.8, 4) is 0 Å². The molecule has 4 heteroatoms. The Balaban J connectivity index is 1.46. The lowest BCUT2D eigenvalue weighted by Crippen LogP contribution is -2.51. The molecule has 1 unspecified atom stereocenters. The first-order valence-electron chi connectivity index (χ1n) is 10.4. The van der Waals surface area contributed by atoms with E-state index in [1.54, 1.807) is 0 Å². The molecular weight excluding hydrogens is 308 g/mol. The number of aromatic nitrogens is 3. The molecule has 0 bridgehead atoms. The standard InChI is InChI=1S/C21H32N4/c1-20-10-12-22-11-8-15(20)3-4-16-17-5-6-19(25-14-13-23-24-25)21(17,2)9-7-18(16)20/h6,13-18,22H,3-5,7-12H2,1-2H3/t15-,16-,17-,18?,20-,21-/m0/s1. The van der Waals surface area contributed by atoms with Crippen molar-refractivity contribution in [3.05, 3.63) is 18.5 Å². The van der Waals surface area contributed by atoms with Crippen LogP contribution in [-0.4, -0.2) is 28.1 Å². The summed E-state index contributed by atoms with van der Waals surface area (Å²) in [7, 11) is 0. The molecule has 6 atom stereocenters. The Morgan fingerprint density at radius 3 is 2.84 bits per heavy atom. The van der Waals surface area contributed by atoms with Gasteiger partial charge in [0.25, 0.3) is 0 Å². The van der Waals surface area contributed by atoms with Crippen molar-refractivity contribution in [3.63, 3.8) is 0 Å². The second kappa shape index (κ2) is 5.67. The van der Waals surface area contributed by atoms with Gasteiger partial charge in [-0.1, -0.05) is 25.1 Å². The number of hydrogen-bond donors (Lipinski definition) is 1. The average Bonchev–Trinajstić information content (AvgIpc) is 3.18. The van der Waals surface area contributed by atoms with Gasteiger partial charge in [0.2, 0.25) is 0 Å². The molecule has 0 aromatic carbocycles. The summed E-state index contributed by atoms with van der Waals surface area (Å²) in [5.74, 6) is 3.57. The van der Waals surface area contributed by atoms with Gasteiger partial charge in [0.15, 0.2) is 0 Å². The van der Waals surface area contributed by atoms with E-state index in [4.69, 9.17) is 0 Å². The smallest absolute Gasteiger partial charge is 0.0697 e. The van der Waals surface area contributed by atoms with E-state index in [9.17, 15) is 0 Å². The summed E-state index contributed by atoms with van der Waals surface area (Å²) in [6, 6.07) is 0. The number of fused-ring (bicyclic) bond motifs is 5. The predicted octanol–water partition coefficient (Wildman–Crippen LogP) is 3.97. The Kier molecular flexibility index (Phi) is 3.64. The Morgan fingerprint density at radius 1 is 1.08 bits per heavy atom. The highest BCUT2D eigenvalue weighted by molar-refractivity contribution is 5.55.